The minimum Gasteiger partial charge on any atom is -0.399 e. The van der Waals surface area contributed by atoms with Crippen LogP contribution in [0.2, 0.25) is 0 Å². The summed E-state index contributed by atoms with van der Waals surface area (Å²) < 4.78 is 0. The number of nitrogen functional groups attached to an aromatic ring is 1. The van der Waals surface area contributed by atoms with Gasteiger partial charge in [-0.25, -0.2) is 0 Å². The first kappa shape index (κ1) is 15.1. The largest absolute Gasteiger partial charge is 0.399 e. The maximum absolute atomic E-state index is 12.1. The fourth-order valence-corrected chi connectivity index (χ4v) is 2.27. The highest BCUT2D eigenvalue weighted by molar-refractivity contribution is 5.94. The van der Waals surface area contributed by atoms with Crippen LogP contribution in [-0.4, -0.2) is 12.5 Å². The normalized spacial score (nSPS) is 11.9. The molecular weight excluding hydrogens is 260 g/mol. The highest BCUT2D eigenvalue weighted by Gasteiger charge is 2.08. The number of hydrogen-bond donors (Lipinski definition) is 2. The van der Waals surface area contributed by atoms with E-state index in [1.807, 2.05) is 31.2 Å². The predicted molar refractivity (Wildman–Crippen MR) is 87.4 cm³/mol. The zero-order chi connectivity index (χ0) is 15.2. The predicted octanol–water partition coefficient (Wildman–Crippen LogP) is 3.50. The van der Waals surface area contributed by atoms with Crippen molar-refractivity contribution in [2.75, 3.05) is 12.3 Å². The fourth-order valence-electron chi connectivity index (χ4n) is 2.27. The van der Waals surface area contributed by atoms with Crippen molar-refractivity contribution in [3.63, 3.8) is 0 Å². The SMILES string of the molecule is Cc1cc(C(=O)NCCC(C)c2ccccc2)ccc1N. The van der Waals surface area contributed by atoms with Gasteiger partial charge in [0.2, 0.25) is 0 Å². The highest BCUT2D eigenvalue weighted by Crippen LogP contribution is 2.17. The molecule has 0 fully saturated rings. The van der Waals surface area contributed by atoms with Crippen LogP contribution in [0, 0.1) is 6.92 Å². The molecule has 0 aromatic heterocycles. The molecule has 2 aromatic carbocycles. The molecule has 1 unspecified atom stereocenters. The molecule has 2 rings (SSSR count). The number of hydrogen-bond acceptors (Lipinski definition) is 2. The minimum absolute atomic E-state index is 0.0432. The topological polar surface area (TPSA) is 55.1 Å². The summed E-state index contributed by atoms with van der Waals surface area (Å²) >= 11 is 0. The van der Waals surface area contributed by atoms with Gasteiger partial charge in [0, 0.05) is 17.8 Å². The van der Waals surface area contributed by atoms with Gasteiger partial charge in [-0.3, -0.25) is 4.79 Å². The fraction of sp³-hybridized carbons (Fsp3) is 0.278. The van der Waals surface area contributed by atoms with Crippen LogP contribution in [0.3, 0.4) is 0 Å². The van der Waals surface area contributed by atoms with Crippen molar-refractivity contribution in [2.45, 2.75) is 26.2 Å². The summed E-state index contributed by atoms with van der Waals surface area (Å²) in [6, 6.07) is 15.7. The van der Waals surface area contributed by atoms with E-state index in [4.69, 9.17) is 5.73 Å². The molecule has 0 saturated carbocycles. The van der Waals surface area contributed by atoms with E-state index in [1.165, 1.54) is 5.56 Å². The number of carbonyl (C=O) groups excluding carboxylic acids is 1. The van der Waals surface area contributed by atoms with Crippen LogP contribution in [0.15, 0.2) is 48.5 Å². The lowest BCUT2D eigenvalue weighted by Gasteiger charge is -2.12. The number of aryl methyl sites for hydroxylation is 1. The maximum Gasteiger partial charge on any atom is 0.251 e. The molecule has 3 N–H and O–H groups in total. The third-order valence-electron chi connectivity index (χ3n) is 3.76. The van der Waals surface area contributed by atoms with Crippen LogP contribution in [0.25, 0.3) is 0 Å². The molecule has 0 spiro atoms. The number of anilines is 1. The molecule has 2 aromatic rings. The quantitative estimate of drug-likeness (QED) is 0.825. The lowest BCUT2D eigenvalue weighted by atomic mass is 9.98. The van der Waals surface area contributed by atoms with E-state index < -0.39 is 0 Å². The lowest BCUT2D eigenvalue weighted by Crippen LogP contribution is -2.25. The van der Waals surface area contributed by atoms with Gasteiger partial charge in [-0.05, 0) is 48.6 Å². The Morgan fingerprint density at radius 3 is 2.57 bits per heavy atom. The Kier molecular flexibility index (Phi) is 4.99. The smallest absolute Gasteiger partial charge is 0.251 e. The van der Waals surface area contributed by atoms with Crippen LogP contribution in [-0.2, 0) is 0 Å². The third-order valence-corrected chi connectivity index (χ3v) is 3.76. The molecule has 0 radical (unpaired) electrons. The number of benzene rings is 2. The van der Waals surface area contributed by atoms with Crippen LogP contribution >= 0.6 is 0 Å². The first-order valence-electron chi connectivity index (χ1n) is 7.27. The molecule has 0 aliphatic heterocycles. The second-order valence-electron chi connectivity index (χ2n) is 5.43. The average molecular weight is 282 g/mol. The Labute approximate surface area is 126 Å². The van der Waals surface area contributed by atoms with Crippen LogP contribution in [0.1, 0.15) is 40.7 Å². The molecule has 21 heavy (non-hydrogen) atoms. The van der Waals surface area contributed by atoms with E-state index >= 15 is 0 Å². The first-order valence-corrected chi connectivity index (χ1v) is 7.27. The van der Waals surface area contributed by atoms with Gasteiger partial charge in [0.1, 0.15) is 0 Å². The molecule has 3 nitrogen and oxygen atoms in total. The lowest BCUT2D eigenvalue weighted by molar-refractivity contribution is 0.0952. The van der Waals surface area contributed by atoms with Gasteiger partial charge in [-0.15, -0.1) is 0 Å². The standard InChI is InChI=1S/C18H22N2O/c1-13(15-6-4-3-5-7-15)10-11-20-18(21)16-8-9-17(19)14(2)12-16/h3-9,12-13H,10-11,19H2,1-2H3,(H,20,21). The summed E-state index contributed by atoms with van der Waals surface area (Å²) in [5.74, 6) is 0.387. The van der Waals surface area contributed by atoms with Crippen molar-refractivity contribution in [3.05, 3.63) is 65.2 Å². The summed E-state index contributed by atoms with van der Waals surface area (Å²) in [6.07, 6.45) is 0.920. The van der Waals surface area contributed by atoms with Crippen LogP contribution in [0.4, 0.5) is 5.69 Å². The van der Waals surface area contributed by atoms with Crippen molar-refractivity contribution >= 4 is 11.6 Å². The summed E-state index contributed by atoms with van der Waals surface area (Å²) in [6.45, 7) is 4.75. The highest BCUT2D eigenvalue weighted by atomic mass is 16.1. The second-order valence-corrected chi connectivity index (χ2v) is 5.43. The zero-order valence-electron chi connectivity index (χ0n) is 12.6. The maximum atomic E-state index is 12.1. The van der Waals surface area contributed by atoms with E-state index in [1.54, 1.807) is 12.1 Å². The van der Waals surface area contributed by atoms with Gasteiger partial charge in [-0.2, -0.15) is 0 Å². The number of rotatable bonds is 5. The van der Waals surface area contributed by atoms with Gasteiger partial charge in [0.15, 0.2) is 0 Å². The number of carbonyl (C=O) groups is 1. The van der Waals surface area contributed by atoms with E-state index in [2.05, 4.69) is 24.4 Å². The van der Waals surface area contributed by atoms with Crippen molar-refractivity contribution < 1.29 is 4.79 Å². The van der Waals surface area contributed by atoms with Gasteiger partial charge in [0.05, 0.1) is 0 Å². The molecule has 0 saturated heterocycles. The molecule has 0 bridgehead atoms. The molecule has 0 aliphatic carbocycles. The number of nitrogens with two attached hydrogens (primary N) is 1. The molecule has 0 aliphatic rings. The van der Waals surface area contributed by atoms with Gasteiger partial charge in [0.25, 0.3) is 5.91 Å². The van der Waals surface area contributed by atoms with Crippen molar-refractivity contribution in [1.29, 1.82) is 0 Å². The Hall–Kier alpha value is -2.29. The van der Waals surface area contributed by atoms with E-state index in [-0.39, 0.29) is 5.91 Å². The monoisotopic (exact) mass is 282 g/mol. The summed E-state index contributed by atoms with van der Waals surface area (Å²) in [4.78, 5) is 12.1. The Balaban J connectivity index is 1.85. The van der Waals surface area contributed by atoms with Crippen molar-refractivity contribution in [2.24, 2.45) is 0 Å². The average Bonchev–Trinajstić information content (AvgIpc) is 2.50. The zero-order valence-corrected chi connectivity index (χ0v) is 12.6. The molecular formula is C18H22N2O. The van der Waals surface area contributed by atoms with Gasteiger partial charge >= 0.3 is 0 Å². The van der Waals surface area contributed by atoms with Crippen molar-refractivity contribution in [3.8, 4) is 0 Å². The van der Waals surface area contributed by atoms with E-state index in [9.17, 15) is 4.79 Å². The molecule has 1 atom stereocenters. The van der Waals surface area contributed by atoms with Crippen LogP contribution < -0.4 is 11.1 Å². The van der Waals surface area contributed by atoms with Crippen LogP contribution in [0.5, 0.6) is 0 Å². The molecule has 3 heteroatoms. The summed E-state index contributed by atoms with van der Waals surface area (Å²) in [5, 5.41) is 2.97. The second kappa shape index (κ2) is 6.93. The Morgan fingerprint density at radius 2 is 1.90 bits per heavy atom. The Morgan fingerprint density at radius 1 is 1.19 bits per heavy atom. The molecule has 0 heterocycles. The first-order chi connectivity index (χ1) is 10.1. The molecule has 110 valence electrons. The summed E-state index contributed by atoms with van der Waals surface area (Å²) in [7, 11) is 0. The van der Waals surface area contributed by atoms with E-state index in [0.29, 0.717) is 23.7 Å². The van der Waals surface area contributed by atoms with E-state index in [0.717, 1.165) is 12.0 Å². The van der Waals surface area contributed by atoms with Gasteiger partial charge in [-0.1, -0.05) is 37.3 Å². The number of amides is 1. The Bertz CT molecular complexity index is 608. The third kappa shape index (κ3) is 4.09. The minimum atomic E-state index is -0.0432. The number of nitrogens with one attached hydrogen (secondary N) is 1. The molecule has 1 amide bonds. The van der Waals surface area contributed by atoms with Crippen molar-refractivity contribution in [1.82, 2.24) is 5.32 Å². The van der Waals surface area contributed by atoms with Gasteiger partial charge < -0.3 is 11.1 Å². The summed E-state index contributed by atoms with van der Waals surface area (Å²) in [5.41, 5.74) is 9.37.